The van der Waals surface area contributed by atoms with E-state index in [1.807, 2.05) is 36.4 Å². The number of benzene rings is 2. The van der Waals surface area contributed by atoms with Crippen molar-refractivity contribution >= 4 is 5.91 Å². The Balaban J connectivity index is 2.04. The van der Waals surface area contributed by atoms with E-state index >= 15 is 0 Å². The molecule has 0 bridgehead atoms. The van der Waals surface area contributed by atoms with E-state index < -0.39 is 0 Å². The summed E-state index contributed by atoms with van der Waals surface area (Å²) < 4.78 is 0. The molecule has 3 atom stereocenters. The van der Waals surface area contributed by atoms with Gasteiger partial charge in [0.1, 0.15) is 5.75 Å². The highest BCUT2D eigenvalue weighted by molar-refractivity contribution is 5.94. The second-order valence-electron chi connectivity index (χ2n) is 8.46. The molecule has 0 spiro atoms. The van der Waals surface area contributed by atoms with Crippen LogP contribution >= 0.6 is 0 Å². The number of aromatic hydroxyl groups is 1. The van der Waals surface area contributed by atoms with Crippen molar-refractivity contribution in [3.8, 4) is 5.75 Å². The van der Waals surface area contributed by atoms with E-state index in [4.69, 9.17) is 0 Å². The van der Waals surface area contributed by atoms with Crippen molar-refractivity contribution in [2.24, 2.45) is 0 Å². The number of rotatable bonds is 6. The minimum Gasteiger partial charge on any atom is -0.508 e. The minimum absolute atomic E-state index is 0.0104. The Kier molecular flexibility index (Phi) is 6.95. The molecule has 0 radical (unpaired) electrons. The summed E-state index contributed by atoms with van der Waals surface area (Å²) in [5, 5.41) is 10.2. The van der Waals surface area contributed by atoms with Crippen LogP contribution in [0.3, 0.4) is 0 Å². The Hall–Kier alpha value is -2.63. The summed E-state index contributed by atoms with van der Waals surface area (Å²) in [6.07, 6.45) is 1.96. The third kappa shape index (κ3) is 4.74. The third-order valence-corrected chi connectivity index (χ3v) is 5.90. The van der Waals surface area contributed by atoms with E-state index in [-0.39, 0.29) is 17.7 Å². The van der Waals surface area contributed by atoms with E-state index in [2.05, 4.69) is 42.4 Å². The molecule has 0 saturated carbocycles. The Morgan fingerprint density at radius 1 is 1.13 bits per heavy atom. The number of phenolic OH excluding ortho intramolecular Hbond substituents is 1. The fourth-order valence-electron chi connectivity index (χ4n) is 4.38. The largest absolute Gasteiger partial charge is 0.508 e. The highest BCUT2D eigenvalue weighted by Gasteiger charge is 2.34. The van der Waals surface area contributed by atoms with Crippen molar-refractivity contribution in [3.63, 3.8) is 0 Å². The van der Waals surface area contributed by atoms with Crippen LogP contribution in [0.15, 0.2) is 61.2 Å². The number of carbonyl (C=O) groups excluding carboxylic acids is 1. The van der Waals surface area contributed by atoms with Gasteiger partial charge in [0.05, 0.1) is 6.04 Å². The molecule has 1 N–H and O–H groups in total. The lowest BCUT2D eigenvalue weighted by Crippen LogP contribution is -2.57. The molecule has 5 nitrogen and oxygen atoms in total. The number of carbonyl (C=O) groups is 1. The second kappa shape index (κ2) is 9.45. The molecule has 0 aliphatic carbocycles. The molecule has 1 heterocycles. The van der Waals surface area contributed by atoms with Crippen LogP contribution in [0.25, 0.3) is 0 Å². The maximum atomic E-state index is 12.6. The molecule has 3 rings (SSSR count). The predicted octanol–water partition coefficient (Wildman–Crippen LogP) is 3.76. The summed E-state index contributed by atoms with van der Waals surface area (Å²) >= 11 is 0. The molecular weight excluding hydrogens is 374 g/mol. The average molecular weight is 408 g/mol. The molecule has 1 saturated heterocycles. The number of amides is 1. The molecule has 30 heavy (non-hydrogen) atoms. The summed E-state index contributed by atoms with van der Waals surface area (Å²) in [5.41, 5.74) is 2.76. The molecule has 1 aliphatic heterocycles. The quantitative estimate of drug-likeness (QED) is 0.741. The van der Waals surface area contributed by atoms with Crippen LogP contribution in [-0.4, -0.2) is 71.5 Å². The van der Waals surface area contributed by atoms with Gasteiger partial charge in [-0.3, -0.25) is 14.6 Å². The summed E-state index contributed by atoms with van der Waals surface area (Å²) in [4.78, 5) is 19.1. The second-order valence-corrected chi connectivity index (χ2v) is 8.46. The third-order valence-electron chi connectivity index (χ3n) is 5.90. The number of piperazine rings is 1. The Morgan fingerprint density at radius 3 is 2.43 bits per heavy atom. The molecule has 2 aromatic carbocycles. The monoisotopic (exact) mass is 407 g/mol. The van der Waals surface area contributed by atoms with Crippen LogP contribution in [0.4, 0.5) is 0 Å². The van der Waals surface area contributed by atoms with Crippen LogP contribution < -0.4 is 0 Å². The number of hydrogen-bond acceptors (Lipinski definition) is 4. The van der Waals surface area contributed by atoms with Gasteiger partial charge in [-0.15, -0.1) is 6.58 Å². The van der Waals surface area contributed by atoms with Crippen molar-refractivity contribution in [3.05, 3.63) is 77.9 Å². The van der Waals surface area contributed by atoms with Crippen molar-refractivity contribution in [2.75, 3.05) is 33.7 Å². The topological polar surface area (TPSA) is 47.0 Å². The van der Waals surface area contributed by atoms with E-state index in [1.54, 1.807) is 25.1 Å². The van der Waals surface area contributed by atoms with Crippen molar-refractivity contribution in [1.29, 1.82) is 0 Å². The van der Waals surface area contributed by atoms with Crippen LogP contribution in [0.2, 0.25) is 0 Å². The summed E-state index contributed by atoms with van der Waals surface area (Å²) in [5.74, 6) is 0.243. The van der Waals surface area contributed by atoms with Crippen molar-refractivity contribution in [1.82, 2.24) is 14.7 Å². The summed E-state index contributed by atoms with van der Waals surface area (Å²) in [6.45, 7) is 11.1. The lowest BCUT2D eigenvalue weighted by atomic mass is 9.92. The van der Waals surface area contributed by atoms with Gasteiger partial charge in [0.2, 0.25) is 0 Å². The first kappa shape index (κ1) is 22.1. The van der Waals surface area contributed by atoms with E-state index in [1.165, 1.54) is 0 Å². The molecule has 1 amide bonds. The molecule has 0 unspecified atom stereocenters. The first-order valence-electron chi connectivity index (χ1n) is 10.5. The Bertz CT molecular complexity index is 895. The van der Waals surface area contributed by atoms with E-state index in [0.29, 0.717) is 17.6 Å². The standard InChI is InChI=1S/C25H33N3O2/c1-6-13-27-16-19(3)28(17-18(27)2)24(21-10-8-12-23(29)15-21)20-9-7-11-22(14-20)25(30)26(4)5/h6-12,14-15,18-19,24,29H,1,13,16-17H2,2-5H3/t18-,19+,24-/m1/s1. The number of nitrogens with zero attached hydrogens (tertiary/aromatic N) is 3. The van der Waals surface area contributed by atoms with Crippen molar-refractivity contribution < 1.29 is 9.90 Å². The first-order valence-corrected chi connectivity index (χ1v) is 10.5. The van der Waals surface area contributed by atoms with Gasteiger partial charge < -0.3 is 10.0 Å². The van der Waals surface area contributed by atoms with Crippen LogP contribution in [0.5, 0.6) is 5.75 Å². The zero-order chi connectivity index (χ0) is 21.8. The normalized spacial score (nSPS) is 21.2. The van der Waals surface area contributed by atoms with Gasteiger partial charge in [0.15, 0.2) is 0 Å². The molecule has 5 heteroatoms. The molecule has 0 aromatic heterocycles. The molecule has 160 valence electrons. The van der Waals surface area contributed by atoms with Crippen LogP contribution in [-0.2, 0) is 0 Å². The molecule has 1 aliphatic rings. The van der Waals surface area contributed by atoms with Crippen LogP contribution in [0.1, 0.15) is 41.4 Å². The van der Waals surface area contributed by atoms with Crippen LogP contribution in [0, 0.1) is 0 Å². The van der Waals surface area contributed by atoms with Crippen molar-refractivity contribution in [2.45, 2.75) is 32.0 Å². The summed E-state index contributed by atoms with van der Waals surface area (Å²) in [7, 11) is 3.54. The van der Waals surface area contributed by atoms with Gasteiger partial charge in [-0.05, 0) is 49.2 Å². The fourth-order valence-corrected chi connectivity index (χ4v) is 4.38. The SMILES string of the molecule is C=CCN1C[C@H](C)N([C@@H](c2cccc(O)c2)c2cccc(C(=O)N(C)C)c2)C[C@H]1C. The smallest absolute Gasteiger partial charge is 0.253 e. The van der Waals surface area contributed by atoms with Gasteiger partial charge >= 0.3 is 0 Å². The fraction of sp³-hybridized carbons (Fsp3) is 0.400. The van der Waals surface area contributed by atoms with E-state index in [0.717, 1.165) is 30.8 Å². The lowest BCUT2D eigenvalue weighted by Gasteiger charge is -2.47. The number of hydrogen-bond donors (Lipinski definition) is 1. The first-order chi connectivity index (χ1) is 14.3. The molecular formula is C25H33N3O2. The predicted molar refractivity (Wildman–Crippen MR) is 122 cm³/mol. The van der Waals surface area contributed by atoms with Gasteiger partial charge in [-0.25, -0.2) is 0 Å². The maximum Gasteiger partial charge on any atom is 0.253 e. The molecule has 1 fully saturated rings. The van der Waals surface area contributed by atoms with Gasteiger partial charge in [0.25, 0.3) is 5.91 Å². The highest BCUT2D eigenvalue weighted by atomic mass is 16.3. The van der Waals surface area contributed by atoms with Gasteiger partial charge in [-0.1, -0.05) is 30.3 Å². The summed E-state index contributed by atoms with van der Waals surface area (Å²) in [6, 6.07) is 16.0. The average Bonchev–Trinajstić information content (AvgIpc) is 2.71. The molecule has 2 aromatic rings. The minimum atomic E-state index is -0.0460. The zero-order valence-corrected chi connectivity index (χ0v) is 18.5. The Morgan fingerprint density at radius 2 is 1.80 bits per heavy atom. The Labute approximate surface area is 180 Å². The number of phenols is 1. The zero-order valence-electron chi connectivity index (χ0n) is 18.5. The maximum absolute atomic E-state index is 12.6. The highest BCUT2D eigenvalue weighted by Crippen LogP contribution is 2.35. The van der Waals surface area contributed by atoms with Gasteiger partial charge in [0, 0.05) is 51.4 Å². The lowest BCUT2D eigenvalue weighted by molar-refractivity contribution is 0.0306. The van der Waals surface area contributed by atoms with Gasteiger partial charge in [-0.2, -0.15) is 0 Å². The van der Waals surface area contributed by atoms with E-state index in [9.17, 15) is 9.90 Å².